The molecule has 2 rings (SSSR count). The number of nitrogens with zero attached hydrogens (tertiary/aromatic N) is 2. The summed E-state index contributed by atoms with van der Waals surface area (Å²) in [5.41, 5.74) is 6.62. The van der Waals surface area contributed by atoms with E-state index in [1.54, 1.807) is 23.1 Å². The zero-order valence-corrected chi connectivity index (χ0v) is 7.42. The second-order valence-corrected chi connectivity index (χ2v) is 2.88. The van der Waals surface area contributed by atoms with E-state index in [0.717, 1.165) is 0 Å². The Morgan fingerprint density at radius 1 is 1.21 bits per heavy atom. The highest BCUT2D eigenvalue weighted by atomic mass is 16.1. The van der Waals surface area contributed by atoms with Gasteiger partial charge in [0.2, 0.25) is 0 Å². The predicted molar refractivity (Wildman–Crippen MR) is 53.7 cm³/mol. The second-order valence-electron chi connectivity index (χ2n) is 2.88. The molecule has 1 aromatic heterocycles. The fourth-order valence-electron chi connectivity index (χ4n) is 1.14. The Hall–Kier alpha value is -2.10. The molecule has 4 nitrogen and oxygen atoms in total. The summed E-state index contributed by atoms with van der Waals surface area (Å²) in [6.07, 6.45) is 8.01. The molecule has 0 aromatic carbocycles. The van der Waals surface area contributed by atoms with E-state index < -0.39 is 0 Å². The molecule has 0 saturated heterocycles. The zero-order valence-electron chi connectivity index (χ0n) is 7.42. The smallest absolute Gasteiger partial charge is 0.180 e. The fourth-order valence-corrected chi connectivity index (χ4v) is 1.14. The van der Waals surface area contributed by atoms with Crippen molar-refractivity contribution in [2.75, 3.05) is 0 Å². The molecule has 0 atom stereocenters. The first-order valence-electron chi connectivity index (χ1n) is 4.17. The van der Waals surface area contributed by atoms with E-state index in [1.807, 2.05) is 12.1 Å². The number of rotatable bonds is 1. The number of allylic oxidation sites excluding steroid dienone is 3. The number of carbonyl (C=O) groups excluding carboxylic acids is 1. The molecule has 0 aliphatic heterocycles. The van der Waals surface area contributed by atoms with Crippen molar-refractivity contribution in [3.63, 3.8) is 0 Å². The van der Waals surface area contributed by atoms with E-state index in [9.17, 15) is 4.79 Å². The first-order valence-corrected chi connectivity index (χ1v) is 4.17. The molecule has 14 heavy (non-hydrogen) atoms. The van der Waals surface area contributed by atoms with E-state index in [2.05, 4.69) is 5.10 Å². The lowest BCUT2D eigenvalue weighted by Gasteiger charge is -2.05. The van der Waals surface area contributed by atoms with Crippen LogP contribution < -0.4 is 5.73 Å². The summed E-state index contributed by atoms with van der Waals surface area (Å²) in [6, 6.07) is 3.73. The van der Waals surface area contributed by atoms with Crippen LogP contribution in [0.4, 0.5) is 0 Å². The Bertz CT molecular complexity index is 438. The minimum absolute atomic E-state index is 0.103. The summed E-state index contributed by atoms with van der Waals surface area (Å²) < 4.78 is 1.64. The summed E-state index contributed by atoms with van der Waals surface area (Å²) in [4.78, 5) is 10.9. The largest absolute Gasteiger partial charge is 0.397 e. The standard InChI is InChI=1S/C10H9N3O/c11-9-7-8(14)3-4-10(9)12-13-5-1-2-6-13/h1-7H,11H2/b12-10-. The molecule has 1 aliphatic rings. The SMILES string of the molecule is NC1=CC(=O)C=C/C1=N/n1cccc1. The summed E-state index contributed by atoms with van der Waals surface area (Å²) in [5.74, 6) is -0.103. The van der Waals surface area contributed by atoms with Crippen LogP contribution in [0.25, 0.3) is 0 Å². The molecule has 0 radical (unpaired) electrons. The molecule has 0 spiro atoms. The van der Waals surface area contributed by atoms with Crippen molar-refractivity contribution in [3.8, 4) is 0 Å². The first-order chi connectivity index (χ1) is 6.75. The number of ketones is 1. The van der Waals surface area contributed by atoms with Gasteiger partial charge in [0.05, 0.1) is 5.70 Å². The summed E-state index contributed by atoms with van der Waals surface area (Å²) in [5, 5.41) is 4.19. The fraction of sp³-hybridized carbons (Fsp3) is 0. The molecule has 1 aromatic rings. The lowest BCUT2D eigenvalue weighted by molar-refractivity contribution is -0.110. The highest BCUT2D eigenvalue weighted by Gasteiger charge is 2.07. The average molecular weight is 187 g/mol. The number of hydrogen-bond acceptors (Lipinski definition) is 3. The van der Waals surface area contributed by atoms with Gasteiger partial charge in [0.25, 0.3) is 0 Å². The van der Waals surface area contributed by atoms with Crippen molar-refractivity contribution >= 4 is 11.5 Å². The zero-order chi connectivity index (χ0) is 9.97. The average Bonchev–Trinajstić information content (AvgIpc) is 2.62. The molecule has 0 amide bonds. The van der Waals surface area contributed by atoms with E-state index >= 15 is 0 Å². The van der Waals surface area contributed by atoms with E-state index in [0.29, 0.717) is 11.4 Å². The number of aromatic nitrogens is 1. The van der Waals surface area contributed by atoms with Gasteiger partial charge in [-0.05, 0) is 24.3 Å². The van der Waals surface area contributed by atoms with E-state index in [-0.39, 0.29) is 5.78 Å². The molecular formula is C10H9N3O. The van der Waals surface area contributed by atoms with Gasteiger partial charge in [0, 0.05) is 18.5 Å². The molecule has 2 N–H and O–H groups in total. The number of nitrogens with two attached hydrogens (primary N) is 1. The Morgan fingerprint density at radius 3 is 2.57 bits per heavy atom. The van der Waals surface area contributed by atoms with Crippen molar-refractivity contribution in [1.82, 2.24) is 4.68 Å². The predicted octanol–water partition coefficient (Wildman–Crippen LogP) is 0.674. The maximum Gasteiger partial charge on any atom is 0.180 e. The van der Waals surface area contributed by atoms with Gasteiger partial charge in [-0.15, -0.1) is 0 Å². The van der Waals surface area contributed by atoms with Gasteiger partial charge in [-0.2, -0.15) is 5.10 Å². The van der Waals surface area contributed by atoms with Gasteiger partial charge in [0.1, 0.15) is 5.71 Å². The molecule has 1 aliphatic carbocycles. The van der Waals surface area contributed by atoms with E-state index in [1.165, 1.54) is 12.2 Å². The third-order valence-corrected chi connectivity index (χ3v) is 1.81. The molecule has 70 valence electrons. The molecule has 0 bridgehead atoms. The Morgan fingerprint density at radius 2 is 1.93 bits per heavy atom. The van der Waals surface area contributed by atoms with Crippen LogP contribution in [0.15, 0.2) is 53.6 Å². The van der Waals surface area contributed by atoms with Crippen LogP contribution in [0.1, 0.15) is 0 Å². The number of hydrogen-bond donors (Lipinski definition) is 1. The summed E-state index contributed by atoms with van der Waals surface area (Å²) in [7, 11) is 0. The Kier molecular flexibility index (Phi) is 2.02. The lowest BCUT2D eigenvalue weighted by atomic mass is 10.1. The van der Waals surface area contributed by atoms with Crippen molar-refractivity contribution < 1.29 is 4.79 Å². The highest BCUT2D eigenvalue weighted by molar-refractivity contribution is 6.19. The summed E-state index contributed by atoms with van der Waals surface area (Å²) >= 11 is 0. The highest BCUT2D eigenvalue weighted by Crippen LogP contribution is 2.02. The van der Waals surface area contributed by atoms with Crippen LogP contribution >= 0.6 is 0 Å². The Labute approximate surface area is 81.0 Å². The van der Waals surface area contributed by atoms with Crippen molar-refractivity contribution in [2.24, 2.45) is 10.8 Å². The number of carbonyl (C=O) groups is 1. The lowest BCUT2D eigenvalue weighted by Crippen LogP contribution is -2.16. The maximum absolute atomic E-state index is 10.9. The molecule has 0 unspecified atom stereocenters. The topological polar surface area (TPSA) is 60.4 Å². The van der Waals surface area contributed by atoms with Gasteiger partial charge < -0.3 is 5.73 Å². The van der Waals surface area contributed by atoms with Crippen LogP contribution in [0, 0.1) is 0 Å². The molecular weight excluding hydrogens is 178 g/mol. The van der Waals surface area contributed by atoms with Gasteiger partial charge in [-0.3, -0.25) is 4.79 Å². The van der Waals surface area contributed by atoms with Crippen LogP contribution in [-0.2, 0) is 4.79 Å². The van der Waals surface area contributed by atoms with Gasteiger partial charge in [-0.1, -0.05) is 0 Å². The normalized spacial score (nSPS) is 18.7. The third kappa shape index (κ3) is 1.64. The van der Waals surface area contributed by atoms with Crippen molar-refractivity contribution in [3.05, 3.63) is 48.5 Å². The quantitative estimate of drug-likeness (QED) is 0.657. The maximum atomic E-state index is 10.9. The third-order valence-electron chi connectivity index (χ3n) is 1.81. The molecule has 1 heterocycles. The molecule has 0 fully saturated rings. The monoisotopic (exact) mass is 187 g/mol. The van der Waals surface area contributed by atoms with Gasteiger partial charge in [-0.25, -0.2) is 4.68 Å². The second kappa shape index (κ2) is 3.33. The molecule has 4 heteroatoms. The van der Waals surface area contributed by atoms with Crippen LogP contribution in [0.2, 0.25) is 0 Å². The minimum atomic E-state index is -0.103. The van der Waals surface area contributed by atoms with Crippen LogP contribution in [0.5, 0.6) is 0 Å². The van der Waals surface area contributed by atoms with E-state index in [4.69, 9.17) is 5.73 Å². The molecule has 0 saturated carbocycles. The first kappa shape index (κ1) is 8.50. The van der Waals surface area contributed by atoms with Crippen LogP contribution in [0.3, 0.4) is 0 Å². The Balaban J connectivity index is 2.33. The van der Waals surface area contributed by atoms with Gasteiger partial charge >= 0.3 is 0 Å². The summed E-state index contributed by atoms with van der Waals surface area (Å²) in [6.45, 7) is 0. The van der Waals surface area contributed by atoms with Crippen LogP contribution in [-0.4, -0.2) is 16.2 Å². The van der Waals surface area contributed by atoms with Crippen molar-refractivity contribution in [1.29, 1.82) is 0 Å². The van der Waals surface area contributed by atoms with Gasteiger partial charge in [0.15, 0.2) is 5.78 Å². The minimum Gasteiger partial charge on any atom is -0.397 e. The van der Waals surface area contributed by atoms with Crippen molar-refractivity contribution in [2.45, 2.75) is 0 Å².